The van der Waals surface area contributed by atoms with Gasteiger partial charge in [-0.2, -0.15) is 0 Å². The highest BCUT2D eigenvalue weighted by molar-refractivity contribution is 6.25. The zero-order valence-electron chi connectivity index (χ0n) is 23.4. The fraction of sp³-hybridized carbons (Fsp3) is 0.0256. The number of rotatable bonds is 2. The first-order chi connectivity index (χ1) is 21.3. The topological polar surface area (TPSA) is 35.1 Å². The fourth-order valence-corrected chi connectivity index (χ4v) is 7.45. The smallest absolute Gasteiger partial charge is 0.161 e. The van der Waals surface area contributed by atoms with Gasteiger partial charge in [-0.05, 0) is 48.9 Å². The number of nitrogens with zero attached hydrogens (tertiary/aromatic N) is 4. The van der Waals surface area contributed by atoms with Crippen LogP contribution in [0.3, 0.4) is 0 Å². The zero-order valence-corrected chi connectivity index (χ0v) is 23.4. The number of hydrogen-bond acceptors (Lipinski definition) is 2. The van der Waals surface area contributed by atoms with Crippen LogP contribution in [0.15, 0.2) is 128 Å². The molecule has 5 aromatic carbocycles. The summed E-state index contributed by atoms with van der Waals surface area (Å²) in [6, 6.07) is 44.2. The molecular weight excluding hydrogens is 524 g/mol. The number of aromatic nitrogens is 4. The van der Waals surface area contributed by atoms with Crippen molar-refractivity contribution < 1.29 is 0 Å². The largest absolute Gasteiger partial charge is 0.308 e. The molecule has 0 bridgehead atoms. The lowest BCUT2D eigenvalue weighted by atomic mass is 10.00. The van der Waals surface area contributed by atoms with Gasteiger partial charge in [-0.25, -0.2) is 9.97 Å². The zero-order chi connectivity index (χ0) is 28.2. The van der Waals surface area contributed by atoms with E-state index in [9.17, 15) is 0 Å². The summed E-state index contributed by atoms with van der Waals surface area (Å²) in [6.07, 6.45) is 1.82. The van der Waals surface area contributed by atoms with Crippen LogP contribution in [-0.2, 0) is 0 Å². The normalized spacial score (nSPS) is 12.3. The van der Waals surface area contributed by atoms with Crippen LogP contribution < -0.4 is 0 Å². The predicted octanol–water partition coefficient (Wildman–Crippen LogP) is 9.85. The van der Waals surface area contributed by atoms with Crippen LogP contribution >= 0.6 is 0 Å². The van der Waals surface area contributed by atoms with E-state index in [1.807, 2.05) is 19.2 Å². The molecule has 0 fully saturated rings. The minimum Gasteiger partial charge on any atom is -0.308 e. The molecule has 0 radical (unpaired) electrons. The molecule has 0 N–H and O–H groups in total. The number of hydrogen-bond donors (Lipinski definition) is 0. The van der Waals surface area contributed by atoms with Gasteiger partial charge < -0.3 is 8.97 Å². The summed E-state index contributed by atoms with van der Waals surface area (Å²) in [7, 11) is 0. The molecule has 0 spiro atoms. The predicted molar refractivity (Wildman–Crippen MR) is 179 cm³/mol. The van der Waals surface area contributed by atoms with E-state index in [0.717, 1.165) is 22.4 Å². The lowest BCUT2D eigenvalue weighted by Gasteiger charge is -2.13. The van der Waals surface area contributed by atoms with E-state index in [2.05, 4.69) is 129 Å². The molecule has 0 amide bonds. The minimum atomic E-state index is 0.765. The lowest BCUT2D eigenvalue weighted by Crippen LogP contribution is -1.99. The van der Waals surface area contributed by atoms with E-state index in [0.29, 0.717) is 0 Å². The Bertz CT molecular complexity index is 2740. The molecule has 0 aliphatic carbocycles. The van der Waals surface area contributed by atoms with Crippen molar-refractivity contribution in [3.8, 4) is 16.8 Å². The van der Waals surface area contributed by atoms with Crippen molar-refractivity contribution in [2.45, 2.75) is 6.92 Å². The Labute approximate surface area is 246 Å². The molecule has 10 rings (SSSR count). The van der Waals surface area contributed by atoms with Gasteiger partial charge in [0, 0.05) is 55.2 Å². The van der Waals surface area contributed by atoms with Crippen LogP contribution in [-0.4, -0.2) is 18.9 Å². The molecule has 4 nitrogen and oxygen atoms in total. The van der Waals surface area contributed by atoms with Crippen molar-refractivity contribution in [1.29, 1.82) is 0 Å². The van der Waals surface area contributed by atoms with Crippen LogP contribution in [0.2, 0.25) is 0 Å². The van der Waals surface area contributed by atoms with Gasteiger partial charge in [0.05, 0.1) is 33.3 Å². The van der Waals surface area contributed by atoms with E-state index in [1.165, 1.54) is 71.0 Å². The standard InChI is InChI=1S/C39H24N4/c1-23-21-35(32-15-8-20-40-39(32)41-23)42-33-16-4-2-9-26(33)28-19-18-24(22-36(28)42)25-11-6-13-30-31-14-7-12-29-27-10-3-5-17-34(27)43(37(25)30)38(29)31/h2-22H,1H3. The number of benzene rings is 5. The first kappa shape index (κ1) is 22.9. The average molecular weight is 549 g/mol. The summed E-state index contributed by atoms with van der Waals surface area (Å²) < 4.78 is 4.88. The molecule has 4 heteroatoms. The molecule has 5 aromatic heterocycles. The second kappa shape index (κ2) is 8.17. The third-order valence-electron chi connectivity index (χ3n) is 9.16. The van der Waals surface area contributed by atoms with Crippen LogP contribution in [0.5, 0.6) is 0 Å². The molecule has 0 unspecified atom stereocenters. The SMILES string of the molecule is Cc1cc(-n2c3ccccc3c3ccc(-c4cccc5c6cccc7c8ccccc8n(c45)c76)cc32)c2cccnc2n1. The highest BCUT2D eigenvalue weighted by Gasteiger charge is 2.21. The van der Waals surface area contributed by atoms with Crippen molar-refractivity contribution in [2.75, 3.05) is 0 Å². The van der Waals surface area contributed by atoms with Crippen molar-refractivity contribution in [3.05, 3.63) is 133 Å². The summed E-state index contributed by atoms with van der Waals surface area (Å²) in [5.74, 6) is 0. The summed E-state index contributed by atoms with van der Waals surface area (Å²) >= 11 is 0. The molecule has 5 heterocycles. The molecule has 0 saturated heterocycles. The van der Waals surface area contributed by atoms with Gasteiger partial charge in [0.1, 0.15) is 0 Å². The third kappa shape index (κ3) is 2.94. The fourth-order valence-electron chi connectivity index (χ4n) is 7.45. The quantitative estimate of drug-likeness (QED) is 0.215. The summed E-state index contributed by atoms with van der Waals surface area (Å²) in [5.41, 5.74) is 11.4. The van der Waals surface area contributed by atoms with Gasteiger partial charge in [0.25, 0.3) is 0 Å². The van der Waals surface area contributed by atoms with Crippen LogP contribution in [0.25, 0.3) is 87.7 Å². The van der Waals surface area contributed by atoms with Crippen molar-refractivity contribution in [3.63, 3.8) is 0 Å². The lowest BCUT2D eigenvalue weighted by molar-refractivity contribution is 1.14. The van der Waals surface area contributed by atoms with Gasteiger partial charge in [0.2, 0.25) is 0 Å². The van der Waals surface area contributed by atoms with E-state index in [4.69, 9.17) is 4.98 Å². The molecular formula is C39H24N4. The van der Waals surface area contributed by atoms with E-state index in [-0.39, 0.29) is 0 Å². The van der Waals surface area contributed by atoms with Gasteiger partial charge in [-0.15, -0.1) is 0 Å². The van der Waals surface area contributed by atoms with Gasteiger partial charge in [-0.1, -0.05) is 84.9 Å². The Balaban J connectivity index is 1.35. The van der Waals surface area contributed by atoms with Crippen molar-refractivity contribution in [1.82, 2.24) is 18.9 Å². The first-order valence-corrected chi connectivity index (χ1v) is 14.7. The summed E-state index contributed by atoms with van der Waals surface area (Å²) in [5, 5.41) is 8.69. The molecule has 0 atom stereocenters. The maximum atomic E-state index is 4.74. The van der Waals surface area contributed by atoms with Crippen LogP contribution in [0.4, 0.5) is 0 Å². The highest BCUT2D eigenvalue weighted by atomic mass is 15.0. The van der Waals surface area contributed by atoms with Gasteiger partial charge in [-0.3, -0.25) is 0 Å². The van der Waals surface area contributed by atoms with Gasteiger partial charge >= 0.3 is 0 Å². The summed E-state index contributed by atoms with van der Waals surface area (Å²) in [4.78, 5) is 9.35. The molecule has 200 valence electrons. The maximum Gasteiger partial charge on any atom is 0.161 e. The van der Waals surface area contributed by atoms with E-state index in [1.54, 1.807) is 0 Å². The third-order valence-corrected chi connectivity index (χ3v) is 9.16. The van der Waals surface area contributed by atoms with Crippen molar-refractivity contribution in [2.24, 2.45) is 0 Å². The number of fused-ring (bicyclic) bond motifs is 10. The highest BCUT2D eigenvalue weighted by Crippen LogP contribution is 2.43. The van der Waals surface area contributed by atoms with Gasteiger partial charge in [0.15, 0.2) is 5.65 Å². The monoisotopic (exact) mass is 548 g/mol. The Kier molecular flexibility index (Phi) is 4.35. The molecule has 0 aliphatic heterocycles. The molecule has 43 heavy (non-hydrogen) atoms. The second-order valence-electron chi connectivity index (χ2n) is 11.5. The Morgan fingerprint density at radius 3 is 2.02 bits per heavy atom. The van der Waals surface area contributed by atoms with E-state index < -0.39 is 0 Å². The first-order valence-electron chi connectivity index (χ1n) is 14.7. The average Bonchev–Trinajstić information content (AvgIpc) is 3.69. The Morgan fingerprint density at radius 1 is 0.512 bits per heavy atom. The minimum absolute atomic E-state index is 0.765. The van der Waals surface area contributed by atoms with E-state index >= 15 is 0 Å². The Morgan fingerprint density at radius 2 is 1.16 bits per heavy atom. The maximum absolute atomic E-state index is 4.74. The molecule has 10 aromatic rings. The van der Waals surface area contributed by atoms with Crippen LogP contribution in [0, 0.1) is 6.92 Å². The molecule has 0 aliphatic rings. The number of pyridine rings is 2. The van der Waals surface area contributed by atoms with Crippen molar-refractivity contribution >= 4 is 70.9 Å². The van der Waals surface area contributed by atoms with Crippen LogP contribution in [0.1, 0.15) is 5.69 Å². The number of aryl methyl sites for hydroxylation is 1. The molecule has 0 saturated carbocycles. The number of para-hydroxylation sites is 4. The second-order valence-corrected chi connectivity index (χ2v) is 11.5. The summed E-state index contributed by atoms with van der Waals surface area (Å²) in [6.45, 7) is 2.05. The Hall–Kier alpha value is -5.74.